The molecule has 8 nitrogen and oxygen atoms in total. The number of carbonyl (C=O) groups excluding carboxylic acids is 1. The molecule has 0 aromatic heterocycles. The summed E-state index contributed by atoms with van der Waals surface area (Å²) < 4.78 is 23.8. The number of fused-ring (bicyclic) bond motifs is 4. The Morgan fingerprint density at radius 1 is 1.18 bits per heavy atom. The summed E-state index contributed by atoms with van der Waals surface area (Å²) in [5, 5.41) is 8.76. The van der Waals surface area contributed by atoms with Crippen molar-refractivity contribution in [1.29, 1.82) is 0 Å². The van der Waals surface area contributed by atoms with Crippen molar-refractivity contribution in [1.82, 2.24) is 4.90 Å². The summed E-state index contributed by atoms with van der Waals surface area (Å²) in [4.78, 5) is 26.0. The predicted molar refractivity (Wildman–Crippen MR) is 122 cm³/mol. The number of likely N-dealkylation sites (tertiary alicyclic amines) is 1. The first-order valence-electron chi connectivity index (χ1n) is 11.6. The minimum Gasteiger partial charge on any atom is -0.493 e. The van der Waals surface area contributed by atoms with E-state index in [-0.39, 0.29) is 30.1 Å². The van der Waals surface area contributed by atoms with Crippen LogP contribution in [0.25, 0.3) is 0 Å². The zero-order valence-electron chi connectivity index (χ0n) is 19.5. The third kappa shape index (κ3) is 3.86. The number of benzene rings is 2. The van der Waals surface area contributed by atoms with Gasteiger partial charge in [-0.25, -0.2) is 4.79 Å². The molecule has 4 atom stereocenters. The van der Waals surface area contributed by atoms with Gasteiger partial charge in [0.1, 0.15) is 11.4 Å². The Balaban J connectivity index is 1.36. The predicted octanol–water partition coefficient (Wildman–Crippen LogP) is 3.69. The molecular weight excluding hydrogens is 438 g/mol. The van der Waals surface area contributed by atoms with E-state index in [0.717, 1.165) is 24.2 Å². The Kier molecular flexibility index (Phi) is 5.64. The first kappa shape index (κ1) is 22.5. The van der Waals surface area contributed by atoms with Crippen molar-refractivity contribution in [3.05, 3.63) is 53.6 Å². The van der Waals surface area contributed by atoms with Crippen molar-refractivity contribution < 1.29 is 33.6 Å². The van der Waals surface area contributed by atoms with Crippen molar-refractivity contribution in [2.75, 3.05) is 20.3 Å². The number of para-hydroxylation sites is 1. The maximum atomic E-state index is 13.4. The molecule has 2 aromatic carbocycles. The number of aliphatic carboxylic acids is 1. The fourth-order valence-corrected chi connectivity index (χ4v) is 5.49. The molecule has 0 spiro atoms. The van der Waals surface area contributed by atoms with Crippen molar-refractivity contribution in [2.24, 2.45) is 5.92 Å². The first-order chi connectivity index (χ1) is 16.3. The highest BCUT2D eigenvalue weighted by Gasteiger charge is 2.54. The molecular formula is C26H29NO7. The van der Waals surface area contributed by atoms with Gasteiger partial charge in [-0.05, 0) is 57.0 Å². The van der Waals surface area contributed by atoms with Gasteiger partial charge >= 0.3 is 5.97 Å². The summed E-state index contributed by atoms with van der Waals surface area (Å²) in [6, 6.07) is 12.5. The monoisotopic (exact) mass is 467 g/mol. The highest BCUT2D eigenvalue weighted by atomic mass is 16.5. The number of carboxylic acids is 1. The Bertz CT molecular complexity index is 1100. The van der Waals surface area contributed by atoms with Crippen LogP contribution in [0.1, 0.15) is 48.7 Å². The fraction of sp³-hybridized carbons (Fsp3) is 0.462. The van der Waals surface area contributed by atoms with Crippen molar-refractivity contribution >= 4 is 11.9 Å². The first-order valence-corrected chi connectivity index (χ1v) is 11.6. The zero-order chi connectivity index (χ0) is 24.0. The van der Waals surface area contributed by atoms with Gasteiger partial charge in [-0.2, -0.15) is 0 Å². The molecule has 1 N–H and O–H groups in total. The molecule has 0 unspecified atom stereocenters. The molecule has 3 aliphatic rings. The normalized spacial score (nSPS) is 26.5. The molecule has 5 rings (SSSR count). The van der Waals surface area contributed by atoms with E-state index in [1.54, 1.807) is 31.4 Å². The van der Waals surface area contributed by atoms with Crippen LogP contribution in [0.5, 0.6) is 17.2 Å². The topological polar surface area (TPSA) is 94.5 Å². The van der Waals surface area contributed by atoms with Gasteiger partial charge in [0.25, 0.3) is 5.91 Å². The van der Waals surface area contributed by atoms with Crippen LogP contribution in [0.3, 0.4) is 0 Å². The van der Waals surface area contributed by atoms with E-state index < -0.39 is 18.2 Å². The molecule has 34 heavy (non-hydrogen) atoms. The Hall–Kier alpha value is -3.26. The van der Waals surface area contributed by atoms with Gasteiger partial charge < -0.3 is 29.0 Å². The molecule has 0 radical (unpaired) electrons. The minimum absolute atomic E-state index is 0.0354. The van der Waals surface area contributed by atoms with Gasteiger partial charge in [-0.1, -0.05) is 12.1 Å². The maximum absolute atomic E-state index is 13.4. The molecule has 0 saturated carbocycles. The van der Waals surface area contributed by atoms with Crippen LogP contribution in [0.15, 0.2) is 42.5 Å². The second kappa shape index (κ2) is 8.51. The highest BCUT2D eigenvalue weighted by molar-refractivity contribution is 5.94. The SMILES string of the molecule is COc1cccc2c1OC(C)(C)[C@H]1C[C@@H]3[C@H](CCN3C(=O)c3ccc(OCC(=O)O)cc3)O[C@H]21. The minimum atomic E-state index is -1.05. The van der Waals surface area contributed by atoms with Crippen molar-refractivity contribution in [3.63, 3.8) is 0 Å². The maximum Gasteiger partial charge on any atom is 0.341 e. The largest absolute Gasteiger partial charge is 0.493 e. The van der Waals surface area contributed by atoms with Crippen LogP contribution in [-0.4, -0.2) is 59.9 Å². The number of carboxylic acid groups (broad SMARTS) is 1. The molecule has 2 fully saturated rings. The molecule has 2 aromatic rings. The van der Waals surface area contributed by atoms with E-state index >= 15 is 0 Å². The Morgan fingerprint density at radius 2 is 1.94 bits per heavy atom. The van der Waals surface area contributed by atoms with Crippen LogP contribution in [0.4, 0.5) is 0 Å². The lowest BCUT2D eigenvalue weighted by Crippen LogP contribution is -2.54. The number of amides is 1. The van der Waals surface area contributed by atoms with Gasteiger partial charge in [-0.15, -0.1) is 0 Å². The van der Waals surface area contributed by atoms with Crippen molar-refractivity contribution in [2.45, 2.75) is 50.5 Å². The summed E-state index contributed by atoms with van der Waals surface area (Å²) in [7, 11) is 1.64. The second-order valence-electron chi connectivity index (χ2n) is 9.58. The smallest absolute Gasteiger partial charge is 0.341 e. The molecule has 8 heteroatoms. The standard InChI is InChI=1S/C26H29NO7/c1-26(2)18-13-19-20(33-23(18)17-5-4-6-21(31-3)24(17)34-26)11-12-27(19)25(30)15-7-9-16(10-8-15)32-14-22(28)29/h4-10,18-20,23H,11-14H2,1-3H3,(H,28,29)/t18-,19+,20-,23+/m0/s1. The summed E-state index contributed by atoms with van der Waals surface area (Å²) >= 11 is 0. The lowest BCUT2D eigenvalue weighted by Gasteiger charge is -2.50. The van der Waals surface area contributed by atoms with E-state index in [1.165, 1.54) is 0 Å². The van der Waals surface area contributed by atoms with E-state index in [2.05, 4.69) is 13.8 Å². The molecule has 2 saturated heterocycles. The van der Waals surface area contributed by atoms with Crippen LogP contribution < -0.4 is 14.2 Å². The number of nitrogens with zero attached hydrogens (tertiary/aromatic N) is 1. The van der Waals surface area contributed by atoms with E-state index in [9.17, 15) is 9.59 Å². The van der Waals surface area contributed by atoms with Gasteiger partial charge in [0, 0.05) is 23.6 Å². The van der Waals surface area contributed by atoms with Crippen molar-refractivity contribution in [3.8, 4) is 17.2 Å². The second-order valence-corrected chi connectivity index (χ2v) is 9.58. The number of hydrogen-bond donors (Lipinski definition) is 1. The van der Waals surface area contributed by atoms with Crippen LogP contribution in [-0.2, 0) is 9.53 Å². The number of carbonyl (C=O) groups is 2. The highest BCUT2D eigenvalue weighted by Crippen LogP contribution is 2.54. The molecule has 3 aliphatic heterocycles. The molecule has 0 bridgehead atoms. The van der Waals surface area contributed by atoms with Gasteiger partial charge in [0.2, 0.25) is 0 Å². The molecule has 1 amide bonds. The average molecular weight is 468 g/mol. The van der Waals surface area contributed by atoms with E-state index in [4.69, 9.17) is 24.1 Å². The number of hydrogen-bond acceptors (Lipinski definition) is 6. The Morgan fingerprint density at radius 3 is 2.65 bits per heavy atom. The van der Waals surface area contributed by atoms with E-state index in [0.29, 0.717) is 23.6 Å². The van der Waals surface area contributed by atoms with Crippen LogP contribution >= 0.6 is 0 Å². The Labute approximate surface area is 198 Å². The molecule has 3 heterocycles. The van der Waals surface area contributed by atoms with Gasteiger partial charge in [-0.3, -0.25) is 4.79 Å². The zero-order valence-corrected chi connectivity index (χ0v) is 19.5. The number of ether oxygens (including phenoxy) is 4. The quantitative estimate of drug-likeness (QED) is 0.717. The third-order valence-corrected chi connectivity index (χ3v) is 7.18. The summed E-state index contributed by atoms with van der Waals surface area (Å²) in [5.74, 6) is 0.830. The average Bonchev–Trinajstić information content (AvgIpc) is 3.24. The lowest BCUT2D eigenvalue weighted by atomic mass is 9.74. The third-order valence-electron chi connectivity index (χ3n) is 7.18. The number of rotatable bonds is 5. The number of methoxy groups -OCH3 is 1. The summed E-state index contributed by atoms with van der Waals surface area (Å²) in [6.07, 6.45) is 1.40. The van der Waals surface area contributed by atoms with E-state index in [1.807, 2.05) is 23.1 Å². The molecule has 180 valence electrons. The summed E-state index contributed by atoms with van der Waals surface area (Å²) in [6.45, 7) is 4.34. The summed E-state index contributed by atoms with van der Waals surface area (Å²) in [5.41, 5.74) is 1.06. The fourth-order valence-electron chi connectivity index (χ4n) is 5.49. The van der Waals surface area contributed by atoms with Gasteiger partial charge in [0.15, 0.2) is 18.1 Å². The molecule has 0 aliphatic carbocycles. The van der Waals surface area contributed by atoms with Gasteiger partial charge in [0.05, 0.1) is 25.4 Å². The lowest BCUT2D eigenvalue weighted by molar-refractivity contribution is -0.160. The van der Waals surface area contributed by atoms with Crippen LogP contribution in [0, 0.1) is 5.92 Å². The van der Waals surface area contributed by atoms with Crippen LogP contribution in [0.2, 0.25) is 0 Å².